The highest BCUT2D eigenvalue weighted by Gasteiger charge is 2.67. The standard InChI is InChI=1S/C9H14O6P2/c10-16-11-4-8(5-12-16)2-1-3-9-6-13-17(15-9)14-7(8)9/h7,10H,1-6H2. The second-order valence-electron chi connectivity index (χ2n) is 5.14. The lowest BCUT2D eigenvalue weighted by Gasteiger charge is -2.49. The molecule has 3 unspecified atom stereocenters. The summed E-state index contributed by atoms with van der Waals surface area (Å²) in [7, 11) is -2.85. The average molecular weight is 280 g/mol. The molecule has 0 radical (unpaired) electrons. The van der Waals surface area contributed by atoms with Crippen LogP contribution in [0.25, 0.3) is 0 Å². The molecule has 4 fully saturated rings. The lowest BCUT2D eigenvalue weighted by molar-refractivity contribution is -0.144. The van der Waals surface area contributed by atoms with E-state index in [9.17, 15) is 4.89 Å². The Hall–Kier alpha value is 0.620. The van der Waals surface area contributed by atoms with Crippen LogP contribution in [-0.4, -0.2) is 36.4 Å². The Kier molecular flexibility index (Phi) is 2.57. The molecule has 1 N–H and O–H groups in total. The summed E-state index contributed by atoms with van der Waals surface area (Å²) in [6, 6.07) is 0. The normalized spacial score (nSPS) is 57.4. The topological polar surface area (TPSA) is 66.4 Å². The van der Waals surface area contributed by atoms with Crippen molar-refractivity contribution in [2.24, 2.45) is 5.41 Å². The van der Waals surface area contributed by atoms with Crippen LogP contribution >= 0.6 is 17.2 Å². The molecular formula is C9H14O6P2. The molecule has 6 nitrogen and oxygen atoms in total. The van der Waals surface area contributed by atoms with Crippen LogP contribution in [0.5, 0.6) is 0 Å². The number of rotatable bonds is 0. The summed E-state index contributed by atoms with van der Waals surface area (Å²) in [6.45, 7) is 1.61. The van der Waals surface area contributed by atoms with Gasteiger partial charge in [0.1, 0.15) is 11.7 Å². The van der Waals surface area contributed by atoms with Crippen LogP contribution in [0.2, 0.25) is 0 Å². The molecule has 4 aliphatic rings. The Morgan fingerprint density at radius 3 is 2.65 bits per heavy atom. The van der Waals surface area contributed by atoms with E-state index in [1.807, 2.05) is 0 Å². The van der Waals surface area contributed by atoms with Gasteiger partial charge in [0, 0.05) is 5.41 Å². The Morgan fingerprint density at radius 2 is 1.88 bits per heavy atom. The van der Waals surface area contributed by atoms with Gasteiger partial charge in [-0.1, -0.05) is 0 Å². The smallest absolute Gasteiger partial charge is 0.328 e. The summed E-state index contributed by atoms with van der Waals surface area (Å²) in [5, 5.41) is 0. The minimum Gasteiger partial charge on any atom is -0.328 e. The van der Waals surface area contributed by atoms with Crippen LogP contribution in [0.15, 0.2) is 0 Å². The number of hydrogen-bond acceptors (Lipinski definition) is 6. The fourth-order valence-electron chi connectivity index (χ4n) is 3.25. The minimum atomic E-state index is -1.69. The molecule has 0 amide bonds. The molecule has 3 aliphatic heterocycles. The van der Waals surface area contributed by atoms with E-state index in [0.717, 1.165) is 19.3 Å². The van der Waals surface area contributed by atoms with E-state index in [-0.39, 0.29) is 17.1 Å². The molecule has 4 rings (SSSR count). The van der Waals surface area contributed by atoms with Crippen LogP contribution in [0.1, 0.15) is 19.3 Å². The zero-order valence-corrected chi connectivity index (χ0v) is 11.0. The highest BCUT2D eigenvalue weighted by molar-refractivity contribution is 7.42. The Morgan fingerprint density at radius 1 is 1.06 bits per heavy atom. The van der Waals surface area contributed by atoms with Gasteiger partial charge in [-0.25, -0.2) is 0 Å². The predicted molar refractivity (Wildman–Crippen MR) is 58.9 cm³/mol. The molecule has 3 atom stereocenters. The molecule has 17 heavy (non-hydrogen) atoms. The fourth-order valence-corrected chi connectivity index (χ4v) is 5.67. The molecular weight excluding hydrogens is 266 g/mol. The largest absolute Gasteiger partial charge is 0.333 e. The van der Waals surface area contributed by atoms with Crippen molar-refractivity contribution < 1.29 is 27.5 Å². The van der Waals surface area contributed by atoms with Crippen LogP contribution in [0, 0.1) is 5.41 Å². The summed E-state index contributed by atoms with van der Waals surface area (Å²) in [6.07, 6.45) is 3.02. The first-order valence-electron chi connectivity index (χ1n) is 5.76. The van der Waals surface area contributed by atoms with E-state index in [0.29, 0.717) is 19.8 Å². The van der Waals surface area contributed by atoms with Crippen molar-refractivity contribution in [2.45, 2.75) is 31.0 Å². The summed E-state index contributed by atoms with van der Waals surface area (Å²) >= 11 is 0. The van der Waals surface area contributed by atoms with Gasteiger partial charge in [0.25, 0.3) is 0 Å². The monoisotopic (exact) mass is 280 g/mol. The van der Waals surface area contributed by atoms with Crippen molar-refractivity contribution >= 4 is 17.2 Å². The Bertz CT molecular complexity index is 333. The summed E-state index contributed by atoms with van der Waals surface area (Å²) in [5.41, 5.74) is -0.451. The first kappa shape index (κ1) is 11.4. The third-order valence-corrected chi connectivity index (χ3v) is 6.03. The van der Waals surface area contributed by atoms with E-state index in [2.05, 4.69) is 0 Å². The first-order valence-corrected chi connectivity index (χ1v) is 7.99. The van der Waals surface area contributed by atoms with E-state index in [4.69, 9.17) is 22.6 Å². The van der Waals surface area contributed by atoms with Gasteiger partial charge in [-0.2, -0.15) is 0 Å². The van der Waals surface area contributed by atoms with Crippen molar-refractivity contribution in [1.82, 2.24) is 0 Å². The molecule has 3 heterocycles. The Labute approximate surface area is 102 Å². The van der Waals surface area contributed by atoms with Gasteiger partial charge < -0.3 is 27.5 Å². The van der Waals surface area contributed by atoms with Gasteiger partial charge in [0.15, 0.2) is 0 Å². The van der Waals surface area contributed by atoms with Gasteiger partial charge in [-0.3, -0.25) is 0 Å². The molecule has 0 aromatic heterocycles. The quantitative estimate of drug-likeness (QED) is 0.683. The van der Waals surface area contributed by atoms with Crippen molar-refractivity contribution in [2.75, 3.05) is 19.8 Å². The van der Waals surface area contributed by atoms with Gasteiger partial charge in [-0.05, 0) is 19.3 Å². The van der Waals surface area contributed by atoms with E-state index in [1.165, 1.54) is 0 Å². The minimum absolute atomic E-state index is 0.00712. The van der Waals surface area contributed by atoms with Gasteiger partial charge in [0.2, 0.25) is 0 Å². The molecule has 0 aromatic rings. The maximum atomic E-state index is 9.32. The van der Waals surface area contributed by atoms with E-state index in [1.54, 1.807) is 0 Å². The molecule has 1 saturated carbocycles. The second-order valence-corrected chi connectivity index (χ2v) is 7.23. The first-order chi connectivity index (χ1) is 8.23. The summed E-state index contributed by atoms with van der Waals surface area (Å²) in [4.78, 5) is 9.32. The summed E-state index contributed by atoms with van der Waals surface area (Å²) in [5.74, 6) is 0. The molecule has 8 heteroatoms. The van der Waals surface area contributed by atoms with Gasteiger partial charge >= 0.3 is 17.2 Å². The second kappa shape index (κ2) is 3.81. The fraction of sp³-hybridized carbons (Fsp3) is 1.00. The van der Waals surface area contributed by atoms with Gasteiger partial charge in [0.05, 0.1) is 19.8 Å². The maximum absolute atomic E-state index is 9.32. The molecule has 96 valence electrons. The molecule has 2 spiro atoms. The van der Waals surface area contributed by atoms with Crippen molar-refractivity contribution in [3.63, 3.8) is 0 Å². The van der Waals surface area contributed by atoms with Crippen LogP contribution in [0.3, 0.4) is 0 Å². The molecule has 2 bridgehead atoms. The third kappa shape index (κ3) is 1.57. The zero-order valence-electron chi connectivity index (χ0n) is 9.20. The summed E-state index contributed by atoms with van der Waals surface area (Å²) < 4.78 is 27.8. The van der Waals surface area contributed by atoms with Gasteiger partial charge in [-0.15, -0.1) is 0 Å². The van der Waals surface area contributed by atoms with Crippen LogP contribution < -0.4 is 0 Å². The zero-order chi connectivity index (χ0) is 11.5. The van der Waals surface area contributed by atoms with Crippen molar-refractivity contribution in [3.8, 4) is 0 Å². The van der Waals surface area contributed by atoms with Crippen LogP contribution in [-0.2, 0) is 22.6 Å². The lowest BCUT2D eigenvalue weighted by Crippen LogP contribution is -2.60. The lowest BCUT2D eigenvalue weighted by atomic mass is 9.66. The van der Waals surface area contributed by atoms with E-state index < -0.39 is 17.2 Å². The molecule has 1 aliphatic carbocycles. The van der Waals surface area contributed by atoms with Crippen LogP contribution in [0.4, 0.5) is 0 Å². The molecule has 3 saturated heterocycles. The molecule has 0 aromatic carbocycles. The average Bonchev–Trinajstić information content (AvgIpc) is 2.90. The highest BCUT2D eigenvalue weighted by Crippen LogP contribution is 2.68. The SMILES string of the molecule is OP1OCC2(CCCC34COP(OC23)O4)CO1. The van der Waals surface area contributed by atoms with E-state index >= 15 is 0 Å². The number of hydrogen-bond donors (Lipinski definition) is 1. The maximum Gasteiger partial charge on any atom is 0.333 e. The van der Waals surface area contributed by atoms with Crippen molar-refractivity contribution in [1.29, 1.82) is 0 Å². The van der Waals surface area contributed by atoms with Crippen molar-refractivity contribution in [3.05, 3.63) is 0 Å². The highest BCUT2D eigenvalue weighted by atomic mass is 31.2. The number of fused-ring (bicyclic) bond motifs is 2. The predicted octanol–water partition coefficient (Wildman–Crippen LogP) is 1.83. The third-order valence-electron chi connectivity index (χ3n) is 4.10. The Balaban J connectivity index is 1.64.